The van der Waals surface area contributed by atoms with Crippen LogP contribution < -0.4 is 0 Å². The third-order valence-corrected chi connectivity index (χ3v) is 2.29. The summed E-state index contributed by atoms with van der Waals surface area (Å²) in [5, 5.41) is 37.9. The Morgan fingerprint density at radius 2 is 1.44 bits per heavy atom. The van der Waals surface area contributed by atoms with E-state index in [9.17, 15) is 20.4 Å². The first kappa shape index (κ1) is 10.2. The van der Waals surface area contributed by atoms with Gasteiger partial charge in [0.05, 0.1) is 0 Å². The molecule has 0 aliphatic heterocycles. The minimum absolute atomic E-state index is 0.0319. The van der Waals surface area contributed by atoms with Crippen molar-refractivity contribution in [2.75, 3.05) is 0 Å². The summed E-state index contributed by atoms with van der Waals surface area (Å²) in [6, 6.07) is 8.35. The average Bonchev–Trinajstić information content (AvgIpc) is 2.26. The number of phenolic OH excluding ortho intramolecular Hbond substituents is 4. The molecule has 2 aromatic carbocycles. The van der Waals surface area contributed by atoms with Gasteiger partial charge in [-0.2, -0.15) is 0 Å². The predicted octanol–water partition coefficient (Wildman–Crippen LogP) is 2.18. The van der Waals surface area contributed by atoms with Crippen molar-refractivity contribution in [3.8, 4) is 34.1 Å². The second-order valence-corrected chi connectivity index (χ2v) is 3.37. The summed E-state index contributed by atoms with van der Waals surface area (Å²) in [6.07, 6.45) is 0. The van der Waals surface area contributed by atoms with Crippen molar-refractivity contribution in [3.63, 3.8) is 0 Å². The first-order chi connectivity index (χ1) is 7.59. The summed E-state index contributed by atoms with van der Waals surface area (Å²) in [6.45, 7) is 0. The van der Waals surface area contributed by atoms with Gasteiger partial charge in [-0.25, -0.2) is 0 Å². The molecule has 0 amide bonds. The van der Waals surface area contributed by atoms with Crippen LogP contribution in [-0.2, 0) is 0 Å². The first-order valence-corrected chi connectivity index (χ1v) is 4.63. The molecule has 0 aliphatic carbocycles. The van der Waals surface area contributed by atoms with Crippen LogP contribution in [0.5, 0.6) is 23.0 Å². The normalized spacial score (nSPS) is 10.2. The number of rotatable bonds is 1. The lowest BCUT2D eigenvalue weighted by Gasteiger charge is -2.08. The van der Waals surface area contributed by atoms with Gasteiger partial charge in [-0.15, -0.1) is 0 Å². The van der Waals surface area contributed by atoms with Crippen molar-refractivity contribution in [1.82, 2.24) is 0 Å². The quantitative estimate of drug-likeness (QED) is 0.437. The van der Waals surface area contributed by atoms with E-state index in [1.807, 2.05) is 0 Å². The van der Waals surface area contributed by atoms with Gasteiger partial charge < -0.3 is 20.4 Å². The molecule has 2 rings (SSSR count). The molecular weight excluding hydrogens is 208 g/mol. The van der Waals surface area contributed by atoms with Crippen LogP contribution in [0.3, 0.4) is 0 Å². The van der Waals surface area contributed by atoms with Crippen molar-refractivity contribution in [3.05, 3.63) is 36.4 Å². The lowest BCUT2D eigenvalue weighted by atomic mass is 10.0. The van der Waals surface area contributed by atoms with Crippen molar-refractivity contribution in [2.24, 2.45) is 0 Å². The first-order valence-electron chi connectivity index (χ1n) is 4.63. The smallest absolute Gasteiger partial charge is 0.165 e. The third-order valence-electron chi connectivity index (χ3n) is 2.29. The van der Waals surface area contributed by atoms with Gasteiger partial charge >= 0.3 is 0 Å². The molecule has 0 spiro atoms. The van der Waals surface area contributed by atoms with Crippen LogP contribution in [0.4, 0.5) is 0 Å². The Bertz CT molecular complexity index is 535. The number of hydrogen-bond donors (Lipinski definition) is 4. The van der Waals surface area contributed by atoms with E-state index in [0.717, 1.165) is 0 Å². The minimum atomic E-state index is -0.330. The van der Waals surface area contributed by atoms with Crippen LogP contribution in [-0.4, -0.2) is 20.4 Å². The van der Waals surface area contributed by atoms with Gasteiger partial charge in [-0.1, -0.05) is 12.1 Å². The summed E-state index contributed by atoms with van der Waals surface area (Å²) in [7, 11) is 0. The average molecular weight is 218 g/mol. The molecule has 4 nitrogen and oxygen atoms in total. The van der Waals surface area contributed by atoms with E-state index in [4.69, 9.17) is 0 Å². The number of benzene rings is 2. The van der Waals surface area contributed by atoms with Gasteiger partial charge in [0.2, 0.25) is 0 Å². The molecule has 0 fully saturated rings. The monoisotopic (exact) mass is 218 g/mol. The van der Waals surface area contributed by atoms with Crippen molar-refractivity contribution in [2.45, 2.75) is 0 Å². The highest BCUT2D eigenvalue weighted by Crippen LogP contribution is 2.41. The van der Waals surface area contributed by atoms with Gasteiger partial charge in [0.15, 0.2) is 11.5 Å². The Hall–Kier alpha value is -2.36. The van der Waals surface area contributed by atoms with Crippen molar-refractivity contribution in [1.29, 1.82) is 0 Å². The Morgan fingerprint density at radius 1 is 0.688 bits per heavy atom. The molecule has 4 heteroatoms. The Balaban J connectivity index is 2.67. The molecule has 0 aliphatic rings. The summed E-state index contributed by atoms with van der Waals surface area (Å²) < 4.78 is 0. The molecule has 0 aromatic heterocycles. The van der Waals surface area contributed by atoms with E-state index in [2.05, 4.69) is 0 Å². The maximum absolute atomic E-state index is 9.62. The minimum Gasteiger partial charge on any atom is -0.508 e. The maximum Gasteiger partial charge on any atom is 0.165 e. The highest BCUT2D eigenvalue weighted by atomic mass is 16.3. The van der Waals surface area contributed by atoms with E-state index in [1.54, 1.807) is 0 Å². The SMILES string of the molecule is Oc1ccc(O)c(-c2cccc(O)c2O)c1. The largest absolute Gasteiger partial charge is 0.508 e. The van der Waals surface area contributed by atoms with E-state index >= 15 is 0 Å². The standard InChI is InChI=1S/C12H10O4/c13-7-4-5-10(14)9(6-7)8-2-1-3-11(15)12(8)16/h1-6,13-16H. The van der Waals surface area contributed by atoms with Crippen LogP contribution >= 0.6 is 0 Å². The zero-order valence-corrected chi connectivity index (χ0v) is 8.25. The zero-order valence-electron chi connectivity index (χ0n) is 8.25. The molecule has 0 unspecified atom stereocenters. The van der Waals surface area contributed by atoms with Crippen LogP contribution in [0.15, 0.2) is 36.4 Å². The molecule has 0 saturated carbocycles. The van der Waals surface area contributed by atoms with E-state index in [-0.39, 0.29) is 34.1 Å². The molecule has 0 heterocycles. The van der Waals surface area contributed by atoms with Gasteiger partial charge in [-0.3, -0.25) is 0 Å². The summed E-state index contributed by atoms with van der Waals surface area (Å²) >= 11 is 0. The van der Waals surface area contributed by atoms with Crippen LogP contribution in [0.25, 0.3) is 11.1 Å². The topological polar surface area (TPSA) is 80.9 Å². The molecule has 0 radical (unpaired) electrons. The number of aromatic hydroxyl groups is 4. The molecule has 0 atom stereocenters. The van der Waals surface area contributed by atoms with Crippen LogP contribution in [0.2, 0.25) is 0 Å². The summed E-state index contributed by atoms with van der Waals surface area (Å²) in [5.74, 6) is -0.724. The van der Waals surface area contributed by atoms with Gasteiger partial charge in [0.1, 0.15) is 11.5 Å². The summed E-state index contributed by atoms with van der Waals surface area (Å²) in [4.78, 5) is 0. The molecular formula is C12H10O4. The Morgan fingerprint density at radius 3 is 2.19 bits per heavy atom. The second kappa shape index (κ2) is 3.66. The van der Waals surface area contributed by atoms with E-state index in [0.29, 0.717) is 0 Å². The molecule has 0 bridgehead atoms. The molecule has 2 aromatic rings. The van der Waals surface area contributed by atoms with E-state index in [1.165, 1.54) is 36.4 Å². The molecule has 82 valence electrons. The highest BCUT2D eigenvalue weighted by molar-refractivity contribution is 5.78. The fraction of sp³-hybridized carbons (Fsp3) is 0. The predicted molar refractivity (Wildman–Crippen MR) is 58.5 cm³/mol. The second-order valence-electron chi connectivity index (χ2n) is 3.37. The number of para-hydroxylation sites is 1. The van der Waals surface area contributed by atoms with Crippen molar-refractivity contribution >= 4 is 0 Å². The number of hydrogen-bond acceptors (Lipinski definition) is 4. The fourth-order valence-corrected chi connectivity index (χ4v) is 1.49. The summed E-state index contributed by atoms with van der Waals surface area (Å²) in [5.41, 5.74) is 0.516. The highest BCUT2D eigenvalue weighted by Gasteiger charge is 2.12. The number of phenols is 4. The van der Waals surface area contributed by atoms with Gasteiger partial charge in [0, 0.05) is 11.1 Å². The van der Waals surface area contributed by atoms with Crippen LogP contribution in [0.1, 0.15) is 0 Å². The van der Waals surface area contributed by atoms with E-state index < -0.39 is 0 Å². The lowest BCUT2D eigenvalue weighted by Crippen LogP contribution is -1.81. The van der Waals surface area contributed by atoms with Crippen LogP contribution in [0, 0.1) is 0 Å². The fourth-order valence-electron chi connectivity index (χ4n) is 1.49. The third kappa shape index (κ3) is 1.61. The molecule has 16 heavy (non-hydrogen) atoms. The van der Waals surface area contributed by atoms with Gasteiger partial charge in [-0.05, 0) is 24.3 Å². The molecule has 4 N–H and O–H groups in total. The van der Waals surface area contributed by atoms with Gasteiger partial charge in [0.25, 0.3) is 0 Å². The zero-order chi connectivity index (χ0) is 11.7. The Kier molecular flexibility index (Phi) is 2.32. The Labute approximate surface area is 91.7 Å². The lowest BCUT2D eigenvalue weighted by molar-refractivity contribution is 0.404. The van der Waals surface area contributed by atoms with Crippen molar-refractivity contribution < 1.29 is 20.4 Å². The molecule has 0 saturated heterocycles. The maximum atomic E-state index is 9.62.